The van der Waals surface area contributed by atoms with Crippen molar-refractivity contribution in [1.29, 1.82) is 0 Å². The summed E-state index contributed by atoms with van der Waals surface area (Å²) in [6.45, 7) is 6.82. The van der Waals surface area contributed by atoms with Gasteiger partial charge in [0.2, 0.25) is 0 Å². The number of ether oxygens (including phenoxy) is 1. The first-order valence-electron chi connectivity index (χ1n) is 6.13. The number of nitrogens with zero attached hydrogens (tertiary/aromatic N) is 2. The minimum Gasteiger partial charge on any atom is -0.487 e. The molecule has 0 spiro atoms. The van der Waals surface area contributed by atoms with Crippen LogP contribution in [-0.2, 0) is 6.61 Å². The second-order valence-electron chi connectivity index (χ2n) is 4.65. The zero-order valence-corrected chi connectivity index (χ0v) is 12.1. The molecule has 0 amide bonds. The van der Waals surface area contributed by atoms with Crippen LogP contribution in [0.3, 0.4) is 0 Å². The molecule has 0 bridgehead atoms. The van der Waals surface area contributed by atoms with Crippen LogP contribution in [-0.4, -0.2) is 9.59 Å². The van der Waals surface area contributed by atoms with E-state index < -0.39 is 0 Å². The first-order valence-corrected chi connectivity index (χ1v) is 6.90. The molecule has 5 nitrogen and oxygen atoms in total. The molecule has 19 heavy (non-hydrogen) atoms. The van der Waals surface area contributed by atoms with Crippen LogP contribution in [0, 0.1) is 6.92 Å². The number of aryl methyl sites for hydroxylation is 1. The fourth-order valence-corrected chi connectivity index (χ4v) is 2.43. The highest BCUT2D eigenvalue weighted by atomic mass is 32.1. The van der Waals surface area contributed by atoms with Gasteiger partial charge in [0.15, 0.2) is 5.00 Å². The summed E-state index contributed by atoms with van der Waals surface area (Å²) in [5.74, 6) is 6.72. The van der Waals surface area contributed by atoms with Crippen LogP contribution in [0.1, 0.15) is 36.6 Å². The van der Waals surface area contributed by atoms with Crippen molar-refractivity contribution in [3.63, 3.8) is 0 Å². The number of hydrogen-bond acceptors (Lipinski definition) is 6. The summed E-state index contributed by atoms with van der Waals surface area (Å²) in [5.41, 5.74) is 5.86. The van der Waals surface area contributed by atoms with Gasteiger partial charge < -0.3 is 10.2 Å². The molecular formula is C13H18N4OS. The Kier molecular flexibility index (Phi) is 4.34. The third kappa shape index (κ3) is 3.21. The lowest BCUT2D eigenvalue weighted by molar-refractivity contribution is 0.301. The molecule has 0 atom stereocenters. The number of anilines is 1. The Morgan fingerprint density at radius 2 is 2.21 bits per heavy atom. The molecule has 0 aliphatic rings. The van der Waals surface area contributed by atoms with Crippen molar-refractivity contribution in [2.45, 2.75) is 33.3 Å². The Balaban J connectivity index is 2.06. The van der Waals surface area contributed by atoms with E-state index in [4.69, 9.17) is 10.6 Å². The van der Waals surface area contributed by atoms with Crippen molar-refractivity contribution in [2.24, 2.45) is 5.84 Å². The lowest BCUT2D eigenvalue weighted by atomic mass is 9.98. The third-order valence-corrected chi connectivity index (χ3v) is 3.63. The monoisotopic (exact) mass is 278 g/mol. The van der Waals surface area contributed by atoms with Crippen LogP contribution < -0.4 is 16.0 Å². The lowest BCUT2D eigenvalue weighted by Crippen LogP contribution is -2.08. The van der Waals surface area contributed by atoms with Crippen molar-refractivity contribution in [3.8, 4) is 5.75 Å². The molecule has 1 heterocycles. The highest BCUT2D eigenvalue weighted by Gasteiger charge is 2.09. The molecule has 1 aromatic heterocycles. The van der Waals surface area contributed by atoms with E-state index in [2.05, 4.69) is 41.9 Å². The van der Waals surface area contributed by atoms with Crippen molar-refractivity contribution < 1.29 is 4.74 Å². The molecule has 0 unspecified atom stereocenters. The van der Waals surface area contributed by atoms with Gasteiger partial charge in [0.1, 0.15) is 18.1 Å². The fourth-order valence-electron chi connectivity index (χ4n) is 1.95. The number of benzene rings is 1. The van der Waals surface area contributed by atoms with Gasteiger partial charge >= 0.3 is 0 Å². The van der Waals surface area contributed by atoms with Gasteiger partial charge in [-0.25, -0.2) is 5.84 Å². The molecule has 3 N–H and O–H groups in total. The number of nitrogens with two attached hydrogens (primary N) is 1. The van der Waals surface area contributed by atoms with Crippen LogP contribution in [0.25, 0.3) is 0 Å². The predicted octanol–water partition coefficient (Wildman–Crippen LogP) is 2.83. The molecule has 102 valence electrons. The lowest BCUT2D eigenvalue weighted by Gasteiger charge is -2.12. The van der Waals surface area contributed by atoms with Crippen LogP contribution in [0.4, 0.5) is 5.00 Å². The number of nitrogens with one attached hydrogen (secondary N) is 1. The fraction of sp³-hybridized carbons (Fsp3) is 0.385. The van der Waals surface area contributed by atoms with E-state index in [0.717, 1.165) is 16.4 Å². The summed E-state index contributed by atoms with van der Waals surface area (Å²) in [5, 5.41) is 4.70. The Morgan fingerprint density at radius 1 is 1.42 bits per heavy atom. The summed E-state index contributed by atoms with van der Waals surface area (Å²) in [6, 6.07) is 6.14. The van der Waals surface area contributed by atoms with Crippen LogP contribution in [0.2, 0.25) is 0 Å². The predicted molar refractivity (Wildman–Crippen MR) is 77.3 cm³/mol. The molecule has 2 rings (SSSR count). The van der Waals surface area contributed by atoms with Crippen LogP contribution in [0.5, 0.6) is 5.75 Å². The summed E-state index contributed by atoms with van der Waals surface area (Å²) < 4.78 is 9.55. The Morgan fingerprint density at radius 3 is 2.84 bits per heavy atom. The summed E-state index contributed by atoms with van der Waals surface area (Å²) in [4.78, 5) is 0. The largest absolute Gasteiger partial charge is 0.487 e. The average molecular weight is 278 g/mol. The first kappa shape index (κ1) is 13.8. The highest BCUT2D eigenvalue weighted by molar-refractivity contribution is 7.10. The van der Waals surface area contributed by atoms with Crippen molar-refractivity contribution in [2.75, 3.05) is 5.43 Å². The quantitative estimate of drug-likeness (QED) is 0.650. The van der Waals surface area contributed by atoms with Gasteiger partial charge in [0.05, 0.1) is 0 Å². The second-order valence-corrected chi connectivity index (χ2v) is 5.41. The summed E-state index contributed by atoms with van der Waals surface area (Å²) in [7, 11) is 0. The maximum atomic E-state index is 5.72. The maximum absolute atomic E-state index is 5.72. The van der Waals surface area contributed by atoms with E-state index in [-0.39, 0.29) is 0 Å². The summed E-state index contributed by atoms with van der Waals surface area (Å²) in [6.07, 6.45) is 0. The zero-order valence-electron chi connectivity index (χ0n) is 11.3. The van der Waals surface area contributed by atoms with Gasteiger partial charge in [-0.2, -0.15) is 0 Å². The minimum absolute atomic E-state index is 0.358. The number of nitrogen functional groups attached to an aromatic ring is 1. The molecule has 0 saturated heterocycles. The van der Waals surface area contributed by atoms with Gasteiger partial charge in [-0.05, 0) is 36.1 Å². The van der Waals surface area contributed by atoms with Gasteiger partial charge in [0, 0.05) is 11.5 Å². The minimum atomic E-state index is 0.358. The van der Waals surface area contributed by atoms with Gasteiger partial charge in [-0.1, -0.05) is 24.4 Å². The van der Waals surface area contributed by atoms with E-state index in [1.165, 1.54) is 22.7 Å². The van der Waals surface area contributed by atoms with E-state index >= 15 is 0 Å². The molecule has 0 aliphatic carbocycles. The Hall–Kier alpha value is -1.66. The Labute approximate surface area is 116 Å². The SMILES string of the molecule is Cc1cc(OCc2nnsc2NN)ccc1C(C)C. The topological polar surface area (TPSA) is 73.1 Å². The molecule has 6 heteroatoms. The van der Waals surface area contributed by atoms with Crippen LogP contribution in [0.15, 0.2) is 18.2 Å². The summed E-state index contributed by atoms with van der Waals surface area (Å²) >= 11 is 1.22. The first-order chi connectivity index (χ1) is 9.11. The van der Waals surface area contributed by atoms with Gasteiger partial charge in [0.25, 0.3) is 0 Å². The molecule has 0 saturated carbocycles. The smallest absolute Gasteiger partial charge is 0.150 e. The number of hydrogen-bond donors (Lipinski definition) is 2. The number of rotatable bonds is 5. The Bertz CT molecular complexity index is 553. The third-order valence-electron chi connectivity index (χ3n) is 2.93. The molecule has 1 aromatic carbocycles. The standard InChI is InChI=1S/C13H18N4OS/c1-8(2)11-5-4-10(6-9(11)3)18-7-12-13(15-14)19-17-16-12/h4-6,8,15H,7,14H2,1-3H3. The second kappa shape index (κ2) is 5.99. The van der Waals surface area contributed by atoms with E-state index in [1.807, 2.05) is 12.1 Å². The van der Waals surface area contributed by atoms with Gasteiger partial charge in [-0.3, -0.25) is 0 Å². The average Bonchev–Trinajstić information content (AvgIpc) is 2.83. The molecular weight excluding hydrogens is 260 g/mol. The van der Waals surface area contributed by atoms with E-state index in [9.17, 15) is 0 Å². The highest BCUT2D eigenvalue weighted by Crippen LogP contribution is 2.25. The van der Waals surface area contributed by atoms with Crippen molar-refractivity contribution >= 4 is 16.5 Å². The van der Waals surface area contributed by atoms with Gasteiger partial charge in [-0.15, -0.1) is 5.10 Å². The van der Waals surface area contributed by atoms with Crippen molar-refractivity contribution in [3.05, 3.63) is 35.0 Å². The molecule has 0 radical (unpaired) electrons. The molecule has 0 aliphatic heterocycles. The van der Waals surface area contributed by atoms with E-state index in [1.54, 1.807) is 0 Å². The maximum Gasteiger partial charge on any atom is 0.150 e. The normalized spacial score (nSPS) is 10.8. The number of hydrazine groups is 1. The number of aromatic nitrogens is 2. The zero-order chi connectivity index (χ0) is 13.8. The molecule has 2 aromatic rings. The van der Waals surface area contributed by atoms with Crippen molar-refractivity contribution in [1.82, 2.24) is 9.59 Å². The van der Waals surface area contributed by atoms with E-state index in [0.29, 0.717) is 12.5 Å². The molecule has 0 fully saturated rings. The van der Waals surface area contributed by atoms with Crippen LogP contribution >= 0.6 is 11.5 Å².